The van der Waals surface area contributed by atoms with Crippen LogP contribution in [0.1, 0.15) is 24.0 Å². The zero-order valence-corrected chi connectivity index (χ0v) is 17.9. The fourth-order valence-electron chi connectivity index (χ4n) is 3.70. The van der Waals surface area contributed by atoms with Gasteiger partial charge in [-0.2, -0.15) is 4.31 Å². The molecule has 0 N–H and O–H groups in total. The third kappa shape index (κ3) is 5.03. The molecule has 0 radical (unpaired) electrons. The molecule has 30 heavy (non-hydrogen) atoms. The van der Waals surface area contributed by atoms with Gasteiger partial charge in [0.05, 0.1) is 4.90 Å². The first-order valence-corrected chi connectivity index (χ1v) is 11.2. The lowest BCUT2D eigenvalue weighted by molar-refractivity contribution is -0.139. The van der Waals surface area contributed by atoms with E-state index in [1.54, 1.807) is 30.3 Å². The zero-order chi connectivity index (χ0) is 21.7. The first-order chi connectivity index (χ1) is 14.3. The van der Waals surface area contributed by atoms with Gasteiger partial charge in [-0.05, 0) is 49.1 Å². The van der Waals surface area contributed by atoms with Crippen molar-refractivity contribution in [2.24, 2.45) is 0 Å². The van der Waals surface area contributed by atoms with Gasteiger partial charge in [-0.1, -0.05) is 12.1 Å². The van der Waals surface area contributed by atoms with Crippen molar-refractivity contribution in [1.82, 2.24) is 14.2 Å². The van der Waals surface area contributed by atoms with E-state index in [-0.39, 0.29) is 30.0 Å². The Kier molecular flexibility index (Phi) is 7.17. The number of carbonyl (C=O) groups excluding carboxylic acids is 1. The molecule has 0 aliphatic carbocycles. The van der Waals surface area contributed by atoms with E-state index in [9.17, 15) is 17.6 Å². The Labute approximate surface area is 176 Å². The summed E-state index contributed by atoms with van der Waals surface area (Å²) in [4.78, 5) is 18.4. The maximum absolute atomic E-state index is 13.7. The number of pyridine rings is 1. The molecule has 1 aromatic carbocycles. The minimum absolute atomic E-state index is 0.0369. The van der Waals surface area contributed by atoms with E-state index in [2.05, 4.69) is 4.98 Å². The number of aryl methyl sites for hydroxylation is 1. The predicted octanol–water partition coefficient (Wildman–Crippen LogP) is 2.36. The molecule has 1 saturated heterocycles. The third-order valence-electron chi connectivity index (χ3n) is 5.23. The summed E-state index contributed by atoms with van der Waals surface area (Å²) in [7, 11) is -2.43. The molecule has 2 heterocycles. The highest BCUT2D eigenvalue weighted by Crippen LogP contribution is 2.26. The topological polar surface area (TPSA) is 79.8 Å². The van der Waals surface area contributed by atoms with Crippen molar-refractivity contribution in [3.63, 3.8) is 0 Å². The quantitative estimate of drug-likeness (QED) is 0.667. The summed E-state index contributed by atoms with van der Waals surface area (Å²) in [6.45, 7) is 2.34. The van der Waals surface area contributed by atoms with Crippen molar-refractivity contribution >= 4 is 15.9 Å². The van der Waals surface area contributed by atoms with Crippen LogP contribution in [-0.2, 0) is 26.1 Å². The lowest BCUT2D eigenvalue weighted by Gasteiger charge is -2.39. The molecule has 2 aromatic rings. The molecule has 0 spiro atoms. The highest BCUT2D eigenvalue weighted by Gasteiger charge is 2.35. The fourth-order valence-corrected chi connectivity index (χ4v) is 5.45. The molecule has 3 rings (SSSR count). The first kappa shape index (κ1) is 22.3. The number of hydrogen-bond donors (Lipinski definition) is 0. The van der Waals surface area contributed by atoms with Crippen LogP contribution in [0, 0.1) is 12.7 Å². The van der Waals surface area contributed by atoms with Crippen LogP contribution in [0.2, 0.25) is 0 Å². The van der Waals surface area contributed by atoms with E-state index < -0.39 is 15.8 Å². The standard InChI is InChI=1S/C21H26FN3O4S/c1-16-7-8-18(22)11-20(16)30(27,28)24-10-4-6-19(14-24)25(21(26)15-29-2)13-17-5-3-9-23-12-17/h3,5,7-9,11-12,19H,4,6,10,13-15H2,1-2H3. The maximum atomic E-state index is 13.7. The number of methoxy groups -OCH3 is 1. The summed E-state index contributed by atoms with van der Waals surface area (Å²) >= 11 is 0. The summed E-state index contributed by atoms with van der Waals surface area (Å²) in [5.74, 6) is -0.811. The summed E-state index contributed by atoms with van der Waals surface area (Å²) in [6.07, 6.45) is 4.60. The van der Waals surface area contributed by atoms with Gasteiger partial charge in [0.2, 0.25) is 15.9 Å². The van der Waals surface area contributed by atoms with Crippen molar-refractivity contribution in [2.75, 3.05) is 26.8 Å². The van der Waals surface area contributed by atoms with Gasteiger partial charge in [0, 0.05) is 45.2 Å². The minimum Gasteiger partial charge on any atom is -0.375 e. The molecule has 0 bridgehead atoms. The SMILES string of the molecule is COCC(=O)N(Cc1cccnc1)C1CCCN(S(=O)(=O)c2cc(F)ccc2C)C1. The minimum atomic E-state index is -3.88. The number of ether oxygens (including phenoxy) is 1. The highest BCUT2D eigenvalue weighted by atomic mass is 32.2. The lowest BCUT2D eigenvalue weighted by Crippen LogP contribution is -2.52. The van der Waals surface area contributed by atoms with E-state index in [1.165, 1.54) is 23.5 Å². The zero-order valence-electron chi connectivity index (χ0n) is 17.1. The van der Waals surface area contributed by atoms with Crippen LogP contribution >= 0.6 is 0 Å². The molecule has 1 atom stereocenters. The molecule has 1 fully saturated rings. The second-order valence-corrected chi connectivity index (χ2v) is 9.29. The molecule has 1 unspecified atom stereocenters. The van der Waals surface area contributed by atoms with Crippen molar-refractivity contribution in [1.29, 1.82) is 0 Å². The average molecular weight is 436 g/mol. The van der Waals surface area contributed by atoms with Crippen LogP contribution in [0.5, 0.6) is 0 Å². The largest absolute Gasteiger partial charge is 0.375 e. The van der Waals surface area contributed by atoms with E-state index >= 15 is 0 Å². The Hall–Kier alpha value is -2.36. The van der Waals surface area contributed by atoms with Crippen LogP contribution in [0.15, 0.2) is 47.6 Å². The highest BCUT2D eigenvalue weighted by molar-refractivity contribution is 7.89. The number of carbonyl (C=O) groups is 1. The number of amides is 1. The number of nitrogens with zero attached hydrogens (tertiary/aromatic N) is 3. The van der Waals surface area contributed by atoms with E-state index in [0.717, 1.165) is 11.6 Å². The van der Waals surface area contributed by atoms with Gasteiger partial charge in [0.15, 0.2) is 0 Å². The molecular weight excluding hydrogens is 409 g/mol. The number of rotatable bonds is 7. The number of aromatic nitrogens is 1. The molecule has 0 saturated carbocycles. The number of hydrogen-bond acceptors (Lipinski definition) is 5. The Bertz CT molecular complexity index is 985. The summed E-state index contributed by atoms with van der Waals surface area (Å²) in [5, 5.41) is 0. The van der Waals surface area contributed by atoms with Crippen molar-refractivity contribution < 1.29 is 22.3 Å². The van der Waals surface area contributed by atoms with Crippen LogP contribution < -0.4 is 0 Å². The van der Waals surface area contributed by atoms with Crippen molar-refractivity contribution in [2.45, 2.75) is 37.2 Å². The van der Waals surface area contributed by atoms with Crippen LogP contribution in [0.4, 0.5) is 4.39 Å². The number of halogens is 1. The van der Waals surface area contributed by atoms with Crippen LogP contribution in [-0.4, -0.2) is 61.4 Å². The van der Waals surface area contributed by atoms with Gasteiger partial charge in [-0.15, -0.1) is 0 Å². The molecule has 9 heteroatoms. The van der Waals surface area contributed by atoms with Crippen molar-refractivity contribution in [3.05, 3.63) is 59.7 Å². The van der Waals surface area contributed by atoms with E-state index in [4.69, 9.17) is 4.74 Å². The fraction of sp³-hybridized carbons (Fsp3) is 0.429. The molecule has 1 aromatic heterocycles. The van der Waals surface area contributed by atoms with Gasteiger partial charge < -0.3 is 9.64 Å². The van der Waals surface area contributed by atoms with Crippen molar-refractivity contribution in [3.8, 4) is 0 Å². The first-order valence-electron chi connectivity index (χ1n) is 9.76. The second kappa shape index (κ2) is 9.63. The molecule has 1 aliphatic rings. The predicted molar refractivity (Wildman–Crippen MR) is 110 cm³/mol. The Balaban J connectivity index is 1.86. The maximum Gasteiger partial charge on any atom is 0.249 e. The second-order valence-electron chi connectivity index (χ2n) is 7.38. The van der Waals surface area contributed by atoms with Gasteiger partial charge in [0.25, 0.3) is 0 Å². The van der Waals surface area contributed by atoms with Crippen LogP contribution in [0.25, 0.3) is 0 Å². The lowest BCUT2D eigenvalue weighted by atomic mass is 10.0. The number of sulfonamides is 1. The molecular formula is C21H26FN3O4S. The third-order valence-corrected chi connectivity index (χ3v) is 7.24. The Morgan fingerprint density at radius 1 is 1.37 bits per heavy atom. The Morgan fingerprint density at radius 2 is 2.17 bits per heavy atom. The monoisotopic (exact) mass is 435 g/mol. The summed E-state index contributed by atoms with van der Waals surface area (Å²) in [5.41, 5.74) is 1.34. The summed E-state index contributed by atoms with van der Waals surface area (Å²) in [6, 6.07) is 7.10. The number of benzene rings is 1. The smallest absolute Gasteiger partial charge is 0.249 e. The van der Waals surface area contributed by atoms with Gasteiger partial charge >= 0.3 is 0 Å². The molecule has 162 valence electrons. The average Bonchev–Trinajstić information content (AvgIpc) is 2.74. The molecule has 7 nitrogen and oxygen atoms in total. The van der Waals surface area contributed by atoms with Crippen LogP contribution in [0.3, 0.4) is 0 Å². The normalized spacial score (nSPS) is 17.6. The van der Waals surface area contributed by atoms with E-state index in [1.807, 2.05) is 6.07 Å². The Morgan fingerprint density at radius 3 is 2.87 bits per heavy atom. The van der Waals surface area contributed by atoms with Gasteiger partial charge in [-0.25, -0.2) is 12.8 Å². The van der Waals surface area contributed by atoms with Gasteiger partial charge in [-0.3, -0.25) is 9.78 Å². The molecule has 1 amide bonds. The van der Waals surface area contributed by atoms with E-state index in [0.29, 0.717) is 31.5 Å². The van der Waals surface area contributed by atoms with Gasteiger partial charge in [0.1, 0.15) is 12.4 Å². The summed E-state index contributed by atoms with van der Waals surface area (Å²) < 4.78 is 46.5. The molecule has 1 aliphatic heterocycles. The number of piperidine rings is 1.